The molecule has 0 bridgehead atoms. The number of carbonyl (C=O) groups excluding carboxylic acids is 1. The van der Waals surface area contributed by atoms with E-state index >= 15 is 0 Å². The molecule has 1 heterocycles. The summed E-state index contributed by atoms with van der Waals surface area (Å²) in [5.74, 6) is -0.266. The molecular formula is C19H18N2O5S. The Morgan fingerprint density at radius 2 is 1.81 bits per heavy atom. The summed E-state index contributed by atoms with van der Waals surface area (Å²) in [6.45, 7) is 1.81. The topological polar surface area (TPSA) is 99.4 Å². The molecule has 7 nitrogen and oxygen atoms in total. The Morgan fingerprint density at radius 1 is 1.11 bits per heavy atom. The van der Waals surface area contributed by atoms with Crippen molar-refractivity contribution >= 4 is 15.8 Å². The van der Waals surface area contributed by atoms with E-state index in [1.54, 1.807) is 12.1 Å². The summed E-state index contributed by atoms with van der Waals surface area (Å²) < 4.78 is 33.8. The number of rotatable bonds is 6. The summed E-state index contributed by atoms with van der Waals surface area (Å²) in [5, 5.41) is 3.88. The standard InChI is InChI=1S/C19H18N2O5S/c1-3-13-8-10-14(11-9-13)18-20-17(26-21-18)12-25-19(22)15-6-4-5-7-16(15)27(2,23)24/h4-11H,3,12H2,1-2H3. The minimum atomic E-state index is -3.55. The highest BCUT2D eigenvalue weighted by molar-refractivity contribution is 7.90. The van der Waals surface area contributed by atoms with Crippen LogP contribution in [0.25, 0.3) is 11.4 Å². The lowest BCUT2D eigenvalue weighted by Gasteiger charge is -2.06. The van der Waals surface area contributed by atoms with Crippen LogP contribution in [0.1, 0.15) is 28.7 Å². The fourth-order valence-corrected chi connectivity index (χ4v) is 3.36. The Bertz CT molecular complexity index is 1060. The fourth-order valence-electron chi connectivity index (χ4n) is 2.48. The van der Waals surface area contributed by atoms with Crippen LogP contribution < -0.4 is 0 Å². The molecule has 0 saturated heterocycles. The molecular weight excluding hydrogens is 368 g/mol. The lowest BCUT2D eigenvalue weighted by molar-refractivity contribution is 0.0425. The SMILES string of the molecule is CCc1ccc(-c2noc(COC(=O)c3ccccc3S(C)(=O)=O)n2)cc1. The third kappa shape index (κ3) is 4.40. The van der Waals surface area contributed by atoms with Gasteiger partial charge in [0.1, 0.15) is 0 Å². The summed E-state index contributed by atoms with van der Waals surface area (Å²) in [5.41, 5.74) is 1.95. The molecule has 0 atom stereocenters. The number of ether oxygens (including phenoxy) is 1. The zero-order valence-corrected chi connectivity index (χ0v) is 15.7. The van der Waals surface area contributed by atoms with Crippen molar-refractivity contribution in [1.29, 1.82) is 0 Å². The summed E-state index contributed by atoms with van der Waals surface area (Å²) in [7, 11) is -3.55. The second kappa shape index (κ2) is 7.71. The van der Waals surface area contributed by atoms with Gasteiger partial charge in [0.15, 0.2) is 16.4 Å². The van der Waals surface area contributed by atoms with Crippen LogP contribution in [-0.2, 0) is 27.6 Å². The minimum Gasteiger partial charge on any atom is -0.452 e. The van der Waals surface area contributed by atoms with Gasteiger partial charge < -0.3 is 9.26 Å². The maximum absolute atomic E-state index is 12.3. The Morgan fingerprint density at radius 3 is 2.48 bits per heavy atom. The van der Waals surface area contributed by atoms with Crippen LogP contribution in [0.2, 0.25) is 0 Å². The number of aryl methyl sites for hydroxylation is 1. The molecule has 8 heteroatoms. The number of esters is 1. The van der Waals surface area contributed by atoms with E-state index in [-0.39, 0.29) is 23.0 Å². The maximum Gasteiger partial charge on any atom is 0.339 e. The fraction of sp³-hybridized carbons (Fsp3) is 0.211. The Kier molecular flexibility index (Phi) is 5.36. The molecule has 0 N–H and O–H groups in total. The van der Waals surface area contributed by atoms with Crippen LogP contribution in [0.15, 0.2) is 57.9 Å². The van der Waals surface area contributed by atoms with E-state index in [4.69, 9.17) is 9.26 Å². The van der Waals surface area contributed by atoms with E-state index in [9.17, 15) is 13.2 Å². The molecule has 0 spiro atoms. The zero-order valence-electron chi connectivity index (χ0n) is 14.9. The van der Waals surface area contributed by atoms with Gasteiger partial charge in [0.05, 0.1) is 10.5 Å². The Balaban J connectivity index is 1.71. The number of aromatic nitrogens is 2. The largest absolute Gasteiger partial charge is 0.452 e. The van der Waals surface area contributed by atoms with Crippen LogP contribution >= 0.6 is 0 Å². The summed E-state index contributed by atoms with van der Waals surface area (Å²) in [6.07, 6.45) is 1.97. The predicted octanol–water partition coefficient (Wildman–Crippen LogP) is 3.06. The number of benzene rings is 2. The average molecular weight is 386 g/mol. The molecule has 0 fully saturated rings. The zero-order chi connectivity index (χ0) is 19.4. The van der Waals surface area contributed by atoms with Gasteiger partial charge in [-0.2, -0.15) is 4.98 Å². The highest BCUT2D eigenvalue weighted by Crippen LogP contribution is 2.19. The molecule has 3 rings (SSSR count). The molecule has 140 valence electrons. The van der Waals surface area contributed by atoms with Crippen molar-refractivity contribution < 1.29 is 22.5 Å². The van der Waals surface area contributed by atoms with Crippen LogP contribution in [0.4, 0.5) is 0 Å². The first kappa shape index (κ1) is 18.8. The monoisotopic (exact) mass is 386 g/mol. The van der Waals surface area contributed by atoms with Gasteiger partial charge in [-0.3, -0.25) is 0 Å². The highest BCUT2D eigenvalue weighted by atomic mass is 32.2. The van der Waals surface area contributed by atoms with Crippen molar-refractivity contribution in [3.8, 4) is 11.4 Å². The third-order valence-electron chi connectivity index (χ3n) is 3.92. The van der Waals surface area contributed by atoms with E-state index in [0.29, 0.717) is 5.82 Å². The molecule has 0 radical (unpaired) electrons. The minimum absolute atomic E-state index is 0.0325. The molecule has 1 aromatic heterocycles. The molecule has 3 aromatic rings. The molecule has 27 heavy (non-hydrogen) atoms. The van der Waals surface area contributed by atoms with Gasteiger partial charge in [-0.05, 0) is 24.1 Å². The number of hydrogen-bond acceptors (Lipinski definition) is 7. The molecule has 0 saturated carbocycles. The summed E-state index contributed by atoms with van der Waals surface area (Å²) in [4.78, 5) is 16.4. The lowest BCUT2D eigenvalue weighted by atomic mass is 10.1. The van der Waals surface area contributed by atoms with Gasteiger partial charge in [0, 0.05) is 11.8 Å². The second-order valence-electron chi connectivity index (χ2n) is 5.91. The predicted molar refractivity (Wildman–Crippen MR) is 97.8 cm³/mol. The normalized spacial score (nSPS) is 11.3. The van der Waals surface area contributed by atoms with Gasteiger partial charge in [0.25, 0.3) is 5.89 Å². The smallest absolute Gasteiger partial charge is 0.339 e. The van der Waals surface area contributed by atoms with Gasteiger partial charge in [-0.25, -0.2) is 13.2 Å². The first-order valence-corrected chi connectivity index (χ1v) is 10.2. The van der Waals surface area contributed by atoms with Crippen molar-refractivity contribution in [2.24, 2.45) is 0 Å². The molecule has 2 aromatic carbocycles. The first-order chi connectivity index (χ1) is 12.9. The number of sulfone groups is 1. The molecule has 0 unspecified atom stereocenters. The summed E-state index contributed by atoms with van der Waals surface area (Å²) >= 11 is 0. The van der Waals surface area contributed by atoms with E-state index in [1.807, 2.05) is 24.3 Å². The summed E-state index contributed by atoms with van der Waals surface area (Å²) in [6, 6.07) is 13.6. The van der Waals surface area contributed by atoms with Crippen molar-refractivity contribution in [3.05, 3.63) is 65.5 Å². The molecule has 0 amide bonds. The molecule has 0 aliphatic rings. The second-order valence-corrected chi connectivity index (χ2v) is 7.89. The van der Waals surface area contributed by atoms with E-state index in [2.05, 4.69) is 17.1 Å². The van der Waals surface area contributed by atoms with Crippen LogP contribution in [0, 0.1) is 0 Å². The highest BCUT2D eigenvalue weighted by Gasteiger charge is 2.20. The van der Waals surface area contributed by atoms with E-state index < -0.39 is 15.8 Å². The van der Waals surface area contributed by atoms with Crippen LogP contribution in [0.5, 0.6) is 0 Å². The third-order valence-corrected chi connectivity index (χ3v) is 5.08. The quantitative estimate of drug-likeness (QED) is 0.600. The van der Waals surface area contributed by atoms with Crippen molar-refractivity contribution in [2.45, 2.75) is 24.8 Å². The van der Waals surface area contributed by atoms with Crippen molar-refractivity contribution in [3.63, 3.8) is 0 Å². The van der Waals surface area contributed by atoms with Gasteiger partial charge in [-0.15, -0.1) is 0 Å². The van der Waals surface area contributed by atoms with Crippen molar-refractivity contribution in [2.75, 3.05) is 6.26 Å². The average Bonchev–Trinajstić information content (AvgIpc) is 3.14. The molecule has 0 aliphatic heterocycles. The lowest BCUT2D eigenvalue weighted by Crippen LogP contribution is -2.11. The van der Waals surface area contributed by atoms with Crippen LogP contribution in [0.3, 0.4) is 0 Å². The number of carbonyl (C=O) groups is 1. The van der Waals surface area contributed by atoms with E-state index in [0.717, 1.165) is 18.2 Å². The van der Waals surface area contributed by atoms with Crippen molar-refractivity contribution in [1.82, 2.24) is 10.1 Å². The number of hydrogen-bond donors (Lipinski definition) is 0. The van der Waals surface area contributed by atoms with Gasteiger partial charge in [0.2, 0.25) is 5.82 Å². The van der Waals surface area contributed by atoms with Gasteiger partial charge >= 0.3 is 5.97 Å². The van der Waals surface area contributed by atoms with Crippen LogP contribution in [-0.4, -0.2) is 30.8 Å². The number of nitrogens with zero attached hydrogens (tertiary/aromatic N) is 2. The first-order valence-electron chi connectivity index (χ1n) is 8.26. The maximum atomic E-state index is 12.3. The van der Waals surface area contributed by atoms with Gasteiger partial charge in [-0.1, -0.05) is 48.5 Å². The Labute approximate surface area is 156 Å². The Hall–Kier alpha value is -3.00. The van der Waals surface area contributed by atoms with E-state index in [1.165, 1.54) is 17.7 Å². The molecule has 0 aliphatic carbocycles.